The average molecular weight is 382 g/mol. The molecule has 0 aliphatic heterocycles. The van der Waals surface area contributed by atoms with Gasteiger partial charge in [0.1, 0.15) is 18.1 Å². The van der Waals surface area contributed by atoms with E-state index in [1.807, 2.05) is 0 Å². The predicted molar refractivity (Wildman–Crippen MR) is 76.6 cm³/mol. The zero-order valence-corrected chi connectivity index (χ0v) is 12.8. The lowest BCUT2D eigenvalue weighted by Gasteiger charge is -2.11. The maximum absolute atomic E-state index is 12.0. The van der Waals surface area contributed by atoms with Crippen molar-refractivity contribution in [3.63, 3.8) is 0 Å². The topological polar surface area (TPSA) is 18.5 Å². The molecule has 0 heterocycles. The fraction of sp³-hybridized carbons (Fsp3) is 0.143. The minimum Gasteiger partial charge on any atom is -0.487 e. The van der Waals surface area contributed by atoms with Gasteiger partial charge in [0.05, 0.1) is 5.02 Å². The highest BCUT2D eigenvalue weighted by atomic mass is 79.9. The summed E-state index contributed by atoms with van der Waals surface area (Å²) in [4.78, 5) is 0. The standard InChI is InChI=1S/C14H9BrClF3O2/c15-10-3-6-12(16)13(7-10)20-8-9-1-4-11(5-2-9)21-14(17,18)19/h1-7H,8H2. The molecular formula is C14H9BrClF3O2. The van der Waals surface area contributed by atoms with Crippen LogP contribution >= 0.6 is 27.5 Å². The molecule has 0 saturated carbocycles. The molecule has 0 aliphatic rings. The highest BCUT2D eigenvalue weighted by molar-refractivity contribution is 9.10. The Kier molecular flexibility index (Phi) is 5.00. The van der Waals surface area contributed by atoms with E-state index >= 15 is 0 Å². The molecule has 2 nitrogen and oxygen atoms in total. The number of halogens is 5. The molecular weight excluding hydrogens is 373 g/mol. The van der Waals surface area contributed by atoms with Crippen molar-refractivity contribution in [3.8, 4) is 11.5 Å². The van der Waals surface area contributed by atoms with Crippen LogP contribution in [0.2, 0.25) is 5.02 Å². The maximum atomic E-state index is 12.0. The molecule has 0 fully saturated rings. The Balaban J connectivity index is 1.99. The van der Waals surface area contributed by atoms with E-state index in [-0.39, 0.29) is 12.4 Å². The first-order valence-corrected chi connectivity index (χ1v) is 6.93. The van der Waals surface area contributed by atoms with Crippen molar-refractivity contribution < 1.29 is 22.6 Å². The van der Waals surface area contributed by atoms with Gasteiger partial charge in [-0.2, -0.15) is 0 Å². The molecule has 0 N–H and O–H groups in total. The van der Waals surface area contributed by atoms with Crippen LogP contribution in [0.3, 0.4) is 0 Å². The van der Waals surface area contributed by atoms with E-state index in [1.165, 1.54) is 24.3 Å². The molecule has 2 aromatic rings. The fourth-order valence-electron chi connectivity index (χ4n) is 1.54. The van der Waals surface area contributed by atoms with Gasteiger partial charge in [-0.05, 0) is 35.9 Å². The summed E-state index contributed by atoms with van der Waals surface area (Å²) < 4.78 is 46.2. The van der Waals surface area contributed by atoms with Crippen molar-refractivity contribution in [2.45, 2.75) is 13.0 Å². The van der Waals surface area contributed by atoms with Crippen molar-refractivity contribution in [1.82, 2.24) is 0 Å². The molecule has 0 saturated heterocycles. The van der Waals surface area contributed by atoms with E-state index in [1.54, 1.807) is 18.2 Å². The molecule has 0 unspecified atom stereocenters. The van der Waals surface area contributed by atoms with Crippen molar-refractivity contribution in [2.24, 2.45) is 0 Å². The number of alkyl halides is 3. The molecule has 0 radical (unpaired) electrons. The lowest BCUT2D eigenvalue weighted by atomic mass is 10.2. The summed E-state index contributed by atoms with van der Waals surface area (Å²) in [6.45, 7) is 0.183. The van der Waals surface area contributed by atoms with Gasteiger partial charge < -0.3 is 9.47 Å². The Morgan fingerprint density at radius 3 is 2.33 bits per heavy atom. The molecule has 0 amide bonds. The lowest BCUT2D eigenvalue weighted by Crippen LogP contribution is -2.17. The number of ether oxygens (including phenoxy) is 2. The van der Waals surface area contributed by atoms with Crippen molar-refractivity contribution >= 4 is 27.5 Å². The second-order valence-electron chi connectivity index (χ2n) is 4.06. The highest BCUT2D eigenvalue weighted by Crippen LogP contribution is 2.29. The van der Waals surface area contributed by atoms with Crippen LogP contribution in [0.5, 0.6) is 11.5 Å². The third-order valence-electron chi connectivity index (χ3n) is 2.44. The summed E-state index contributed by atoms with van der Waals surface area (Å²) in [6, 6.07) is 10.6. The van der Waals surface area contributed by atoms with Gasteiger partial charge in [0, 0.05) is 4.47 Å². The molecule has 112 valence electrons. The molecule has 0 spiro atoms. The van der Waals surface area contributed by atoms with Gasteiger partial charge in [0.25, 0.3) is 0 Å². The number of hydrogen-bond acceptors (Lipinski definition) is 2. The molecule has 2 rings (SSSR count). The monoisotopic (exact) mass is 380 g/mol. The van der Waals surface area contributed by atoms with E-state index in [4.69, 9.17) is 16.3 Å². The first-order valence-electron chi connectivity index (χ1n) is 5.76. The zero-order chi connectivity index (χ0) is 15.5. The summed E-state index contributed by atoms with van der Waals surface area (Å²) >= 11 is 9.27. The summed E-state index contributed by atoms with van der Waals surface area (Å²) in [6.07, 6.45) is -4.69. The molecule has 0 bridgehead atoms. The smallest absolute Gasteiger partial charge is 0.487 e. The predicted octanol–water partition coefficient (Wildman–Crippen LogP) is 5.58. The van der Waals surface area contributed by atoms with Crippen LogP contribution in [0.4, 0.5) is 13.2 Å². The van der Waals surface area contributed by atoms with Crippen LogP contribution in [0, 0.1) is 0 Å². The van der Waals surface area contributed by atoms with Gasteiger partial charge in [0.15, 0.2) is 0 Å². The number of hydrogen-bond donors (Lipinski definition) is 0. The SMILES string of the molecule is FC(F)(F)Oc1ccc(COc2cc(Br)ccc2Cl)cc1. The Bertz CT molecular complexity index is 615. The molecule has 0 aromatic heterocycles. The van der Waals surface area contributed by atoms with E-state index in [2.05, 4.69) is 20.7 Å². The number of rotatable bonds is 4. The molecule has 0 aliphatic carbocycles. The largest absolute Gasteiger partial charge is 0.573 e. The van der Waals surface area contributed by atoms with Crippen LogP contribution in [0.15, 0.2) is 46.9 Å². The Morgan fingerprint density at radius 2 is 1.71 bits per heavy atom. The second kappa shape index (κ2) is 6.58. The molecule has 7 heteroatoms. The Labute approximate surface area is 132 Å². The van der Waals surface area contributed by atoms with E-state index in [0.717, 1.165) is 4.47 Å². The third-order valence-corrected chi connectivity index (χ3v) is 3.25. The minimum atomic E-state index is -4.69. The van der Waals surface area contributed by atoms with E-state index < -0.39 is 6.36 Å². The molecule has 2 aromatic carbocycles. The average Bonchev–Trinajstić information content (AvgIpc) is 2.40. The fourth-order valence-corrected chi connectivity index (χ4v) is 2.05. The van der Waals surface area contributed by atoms with Crippen LogP contribution in [0.1, 0.15) is 5.56 Å². The van der Waals surface area contributed by atoms with Gasteiger partial charge in [-0.15, -0.1) is 13.2 Å². The van der Waals surface area contributed by atoms with Crippen LogP contribution in [0.25, 0.3) is 0 Å². The quantitative estimate of drug-likeness (QED) is 0.688. The maximum Gasteiger partial charge on any atom is 0.573 e. The zero-order valence-electron chi connectivity index (χ0n) is 10.5. The van der Waals surface area contributed by atoms with E-state index in [9.17, 15) is 13.2 Å². The minimum absolute atomic E-state index is 0.183. The first kappa shape index (κ1) is 16.0. The second-order valence-corrected chi connectivity index (χ2v) is 5.38. The van der Waals surface area contributed by atoms with Gasteiger partial charge in [-0.1, -0.05) is 39.7 Å². The van der Waals surface area contributed by atoms with Gasteiger partial charge >= 0.3 is 6.36 Å². The summed E-state index contributed by atoms with van der Waals surface area (Å²) in [5.74, 6) is 0.216. The lowest BCUT2D eigenvalue weighted by molar-refractivity contribution is -0.274. The van der Waals surface area contributed by atoms with Crippen molar-refractivity contribution in [1.29, 1.82) is 0 Å². The summed E-state index contributed by atoms with van der Waals surface area (Å²) in [7, 11) is 0. The summed E-state index contributed by atoms with van der Waals surface area (Å²) in [5, 5.41) is 0.454. The molecule has 21 heavy (non-hydrogen) atoms. The Morgan fingerprint density at radius 1 is 1.05 bits per heavy atom. The third kappa shape index (κ3) is 5.13. The first-order chi connectivity index (χ1) is 9.83. The normalized spacial score (nSPS) is 11.3. The van der Waals surface area contributed by atoms with Gasteiger partial charge in [-0.25, -0.2) is 0 Å². The van der Waals surface area contributed by atoms with Crippen molar-refractivity contribution in [2.75, 3.05) is 0 Å². The van der Waals surface area contributed by atoms with Crippen molar-refractivity contribution in [3.05, 3.63) is 57.5 Å². The number of benzene rings is 2. The van der Waals surface area contributed by atoms with Crippen LogP contribution in [-0.4, -0.2) is 6.36 Å². The molecule has 0 atom stereocenters. The van der Waals surface area contributed by atoms with Crippen LogP contribution < -0.4 is 9.47 Å². The van der Waals surface area contributed by atoms with Crippen LogP contribution in [-0.2, 0) is 6.61 Å². The Hall–Kier alpha value is -1.40. The van der Waals surface area contributed by atoms with E-state index in [0.29, 0.717) is 16.3 Å². The van der Waals surface area contributed by atoms with Gasteiger partial charge in [-0.3, -0.25) is 0 Å². The highest BCUT2D eigenvalue weighted by Gasteiger charge is 2.30. The van der Waals surface area contributed by atoms with Gasteiger partial charge in [0.2, 0.25) is 0 Å². The summed E-state index contributed by atoms with van der Waals surface area (Å²) in [5.41, 5.74) is 0.695.